The molecule has 2 rings (SSSR count). The molecule has 0 spiro atoms. The minimum absolute atomic E-state index is 0.135. The standard InChI is InChI=1S/C16H25FN2/c1-3-16-8-11-19(10-5-9-18-16)13(2)14-6-4-7-15(17)12-14/h4,6-7,12-13,16,18H,3,5,8-11H2,1-2H3. The molecule has 0 bridgehead atoms. The Kier molecular flexibility index (Phi) is 5.34. The van der Waals surface area contributed by atoms with Crippen LogP contribution < -0.4 is 5.32 Å². The van der Waals surface area contributed by atoms with Gasteiger partial charge in [0.15, 0.2) is 0 Å². The van der Waals surface area contributed by atoms with E-state index in [9.17, 15) is 4.39 Å². The Morgan fingerprint density at radius 3 is 3.00 bits per heavy atom. The van der Waals surface area contributed by atoms with Gasteiger partial charge in [-0.25, -0.2) is 4.39 Å². The lowest BCUT2D eigenvalue weighted by Gasteiger charge is -2.33. The topological polar surface area (TPSA) is 15.3 Å². The molecular formula is C16H25FN2. The van der Waals surface area contributed by atoms with Crippen LogP contribution in [0.2, 0.25) is 0 Å². The van der Waals surface area contributed by atoms with Crippen molar-refractivity contribution in [2.45, 2.75) is 45.2 Å². The highest BCUT2D eigenvalue weighted by atomic mass is 19.1. The van der Waals surface area contributed by atoms with Crippen molar-refractivity contribution < 1.29 is 4.39 Å². The Bertz CT molecular complexity index is 394. The van der Waals surface area contributed by atoms with Crippen LogP contribution in [0.4, 0.5) is 4.39 Å². The van der Waals surface area contributed by atoms with Gasteiger partial charge >= 0.3 is 0 Å². The molecule has 2 nitrogen and oxygen atoms in total. The molecule has 1 aromatic carbocycles. The maximum Gasteiger partial charge on any atom is 0.123 e. The SMILES string of the molecule is CCC1CCN(C(C)c2cccc(F)c2)CCCN1. The van der Waals surface area contributed by atoms with E-state index in [-0.39, 0.29) is 5.82 Å². The molecule has 19 heavy (non-hydrogen) atoms. The molecule has 0 radical (unpaired) electrons. The van der Waals surface area contributed by atoms with E-state index in [0.717, 1.165) is 31.6 Å². The quantitative estimate of drug-likeness (QED) is 0.900. The number of rotatable bonds is 3. The third-order valence-corrected chi connectivity index (χ3v) is 4.19. The summed E-state index contributed by atoms with van der Waals surface area (Å²) in [6.07, 6.45) is 3.52. The van der Waals surface area contributed by atoms with Crippen molar-refractivity contribution in [3.8, 4) is 0 Å². The van der Waals surface area contributed by atoms with Crippen LogP contribution in [0.3, 0.4) is 0 Å². The highest BCUT2D eigenvalue weighted by molar-refractivity contribution is 5.19. The van der Waals surface area contributed by atoms with Crippen LogP contribution in [-0.2, 0) is 0 Å². The summed E-state index contributed by atoms with van der Waals surface area (Å²) >= 11 is 0. The highest BCUT2D eigenvalue weighted by Crippen LogP contribution is 2.22. The molecule has 0 aliphatic carbocycles. The van der Waals surface area contributed by atoms with Gasteiger partial charge in [0.25, 0.3) is 0 Å². The average Bonchev–Trinajstić information content (AvgIpc) is 2.38. The molecule has 1 fully saturated rings. The van der Waals surface area contributed by atoms with E-state index in [2.05, 4.69) is 24.1 Å². The lowest BCUT2D eigenvalue weighted by molar-refractivity contribution is 0.181. The van der Waals surface area contributed by atoms with Gasteiger partial charge in [0.05, 0.1) is 0 Å². The molecule has 1 N–H and O–H groups in total. The van der Waals surface area contributed by atoms with Gasteiger partial charge in [0.2, 0.25) is 0 Å². The van der Waals surface area contributed by atoms with Crippen molar-refractivity contribution in [1.29, 1.82) is 0 Å². The number of nitrogens with one attached hydrogen (secondary N) is 1. The number of hydrogen-bond donors (Lipinski definition) is 1. The zero-order valence-electron chi connectivity index (χ0n) is 12.0. The molecule has 0 amide bonds. The summed E-state index contributed by atoms with van der Waals surface area (Å²) in [6, 6.07) is 7.94. The predicted molar refractivity (Wildman–Crippen MR) is 77.7 cm³/mol. The van der Waals surface area contributed by atoms with E-state index in [1.807, 2.05) is 12.1 Å². The number of hydrogen-bond acceptors (Lipinski definition) is 2. The van der Waals surface area contributed by atoms with Gasteiger partial charge in [0.1, 0.15) is 5.82 Å². The number of halogens is 1. The molecule has 2 unspecified atom stereocenters. The normalized spacial score (nSPS) is 23.6. The average molecular weight is 264 g/mol. The Morgan fingerprint density at radius 2 is 2.26 bits per heavy atom. The summed E-state index contributed by atoms with van der Waals surface area (Å²) in [4.78, 5) is 2.48. The lowest BCUT2D eigenvalue weighted by atomic mass is 10.0. The molecule has 1 aliphatic heterocycles. The second-order valence-corrected chi connectivity index (χ2v) is 5.47. The first kappa shape index (κ1) is 14.5. The maximum absolute atomic E-state index is 13.3. The third kappa shape index (κ3) is 4.02. The Morgan fingerprint density at radius 1 is 1.42 bits per heavy atom. The van der Waals surface area contributed by atoms with Crippen LogP contribution in [0.5, 0.6) is 0 Å². The van der Waals surface area contributed by atoms with E-state index in [4.69, 9.17) is 0 Å². The first-order valence-electron chi connectivity index (χ1n) is 7.43. The van der Waals surface area contributed by atoms with Crippen molar-refractivity contribution in [3.05, 3.63) is 35.6 Å². The van der Waals surface area contributed by atoms with E-state index in [0.29, 0.717) is 12.1 Å². The van der Waals surface area contributed by atoms with Gasteiger partial charge in [0, 0.05) is 18.6 Å². The lowest BCUT2D eigenvalue weighted by Crippen LogP contribution is -2.40. The fraction of sp³-hybridized carbons (Fsp3) is 0.625. The molecule has 0 aromatic heterocycles. The van der Waals surface area contributed by atoms with Gasteiger partial charge in [-0.05, 0) is 57.0 Å². The molecule has 1 saturated heterocycles. The monoisotopic (exact) mass is 264 g/mol. The third-order valence-electron chi connectivity index (χ3n) is 4.19. The molecule has 0 saturated carbocycles. The van der Waals surface area contributed by atoms with Crippen LogP contribution in [-0.4, -0.2) is 30.6 Å². The van der Waals surface area contributed by atoms with Crippen LogP contribution in [0.15, 0.2) is 24.3 Å². The zero-order chi connectivity index (χ0) is 13.7. The van der Waals surface area contributed by atoms with Crippen LogP contribution in [0.25, 0.3) is 0 Å². The van der Waals surface area contributed by atoms with Crippen LogP contribution in [0, 0.1) is 5.82 Å². The van der Waals surface area contributed by atoms with Crippen molar-refractivity contribution >= 4 is 0 Å². The number of nitrogens with zero attached hydrogens (tertiary/aromatic N) is 1. The Hall–Kier alpha value is -0.930. The first-order chi connectivity index (χ1) is 9.20. The summed E-state index contributed by atoms with van der Waals surface area (Å²) in [6.45, 7) is 7.68. The maximum atomic E-state index is 13.3. The molecular weight excluding hydrogens is 239 g/mol. The van der Waals surface area contributed by atoms with E-state index in [1.54, 1.807) is 6.07 Å². The summed E-state index contributed by atoms with van der Waals surface area (Å²) < 4.78 is 13.3. The minimum atomic E-state index is -0.135. The summed E-state index contributed by atoms with van der Waals surface area (Å²) in [5.41, 5.74) is 1.08. The van der Waals surface area contributed by atoms with Gasteiger partial charge in [-0.1, -0.05) is 19.1 Å². The fourth-order valence-corrected chi connectivity index (χ4v) is 2.84. The van der Waals surface area contributed by atoms with E-state index in [1.165, 1.54) is 18.9 Å². The molecule has 1 heterocycles. The largest absolute Gasteiger partial charge is 0.314 e. The smallest absolute Gasteiger partial charge is 0.123 e. The second kappa shape index (κ2) is 7.01. The van der Waals surface area contributed by atoms with Gasteiger partial charge in [-0.3, -0.25) is 4.90 Å². The van der Waals surface area contributed by atoms with Gasteiger partial charge in [-0.2, -0.15) is 0 Å². The second-order valence-electron chi connectivity index (χ2n) is 5.47. The van der Waals surface area contributed by atoms with Crippen molar-refractivity contribution in [2.24, 2.45) is 0 Å². The minimum Gasteiger partial charge on any atom is -0.314 e. The van der Waals surface area contributed by atoms with Crippen LogP contribution in [0.1, 0.15) is 44.7 Å². The van der Waals surface area contributed by atoms with E-state index >= 15 is 0 Å². The molecule has 3 heteroatoms. The fourth-order valence-electron chi connectivity index (χ4n) is 2.84. The van der Waals surface area contributed by atoms with Crippen molar-refractivity contribution in [1.82, 2.24) is 10.2 Å². The summed E-state index contributed by atoms with van der Waals surface area (Å²) in [7, 11) is 0. The first-order valence-corrected chi connectivity index (χ1v) is 7.43. The zero-order valence-corrected chi connectivity index (χ0v) is 12.0. The van der Waals surface area contributed by atoms with Crippen LogP contribution >= 0.6 is 0 Å². The molecule has 1 aliphatic rings. The van der Waals surface area contributed by atoms with Crippen molar-refractivity contribution in [3.63, 3.8) is 0 Å². The molecule has 106 valence electrons. The van der Waals surface area contributed by atoms with Gasteiger partial charge in [-0.15, -0.1) is 0 Å². The Balaban J connectivity index is 2.02. The van der Waals surface area contributed by atoms with Gasteiger partial charge < -0.3 is 5.32 Å². The molecule has 1 aromatic rings. The predicted octanol–water partition coefficient (Wildman–Crippen LogP) is 3.35. The number of benzene rings is 1. The molecule has 2 atom stereocenters. The van der Waals surface area contributed by atoms with Crippen molar-refractivity contribution in [2.75, 3.05) is 19.6 Å². The summed E-state index contributed by atoms with van der Waals surface area (Å²) in [5.74, 6) is -0.135. The highest BCUT2D eigenvalue weighted by Gasteiger charge is 2.19. The summed E-state index contributed by atoms with van der Waals surface area (Å²) in [5, 5.41) is 3.59. The Labute approximate surface area is 116 Å². The van der Waals surface area contributed by atoms with E-state index < -0.39 is 0 Å².